The van der Waals surface area contributed by atoms with Gasteiger partial charge in [-0.15, -0.1) is 0 Å². The molecule has 0 N–H and O–H groups in total. The van der Waals surface area contributed by atoms with E-state index >= 15 is 0 Å². The normalized spacial score (nSPS) is 15.1. The van der Waals surface area contributed by atoms with Crippen LogP contribution in [0.2, 0.25) is 0 Å². The molecule has 0 spiro atoms. The average Bonchev–Trinajstić information content (AvgIpc) is 2.98. The van der Waals surface area contributed by atoms with Gasteiger partial charge in [0.15, 0.2) is 11.6 Å². The van der Waals surface area contributed by atoms with Crippen molar-refractivity contribution in [1.29, 1.82) is 0 Å². The Bertz CT molecular complexity index is 972. The van der Waals surface area contributed by atoms with Gasteiger partial charge >= 0.3 is 0 Å². The molecule has 25 heavy (non-hydrogen) atoms. The van der Waals surface area contributed by atoms with Crippen molar-refractivity contribution in [3.05, 3.63) is 63.0 Å². The fourth-order valence-corrected chi connectivity index (χ4v) is 3.93. The number of benzene rings is 2. The summed E-state index contributed by atoms with van der Waals surface area (Å²) in [5.41, 5.74) is 7.44. The maximum absolute atomic E-state index is 14.3. The van der Waals surface area contributed by atoms with Gasteiger partial charge in [-0.2, -0.15) is 0 Å². The third kappa shape index (κ3) is 2.82. The number of halogens is 2. The molecule has 126 valence electrons. The first-order valence-electron chi connectivity index (χ1n) is 8.27. The Kier molecular flexibility index (Phi) is 4.23. The highest BCUT2D eigenvalue weighted by molar-refractivity contribution is 14.1. The second kappa shape index (κ2) is 6.41. The molecule has 0 saturated carbocycles. The summed E-state index contributed by atoms with van der Waals surface area (Å²) in [6, 6.07) is 9.57. The lowest BCUT2D eigenvalue weighted by Crippen LogP contribution is -2.00. The highest BCUT2D eigenvalue weighted by Gasteiger charge is 2.23. The molecule has 2 aliphatic rings. The minimum Gasteiger partial charge on any atom is -0.494 e. The summed E-state index contributed by atoms with van der Waals surface area (Å²) in [5, 5.41) is 0. The molecule has 0 aromatic heterocycles. The molecule has 0 saturated heterocycles. The van der Waals surface area contributed by atoms with E-state index < -0.39 is 0 Å². The van der Waals surface area contributed by atoms with Crippen LogP contribution in [0.3, 0.4) is 0 Å². The molecule has 1 aliphatic carbocycles. The van der Waals surface area contributed by atoms with Crippen molar-refractivity contribution in [1.82, 2.24) is 0 Å². The molecular weight excluding hydrogens is 428 g/mol. The number of allylic oxidation sites excluding steroid dienone is 4. The Morgan fingerprint density at radius 1 is 1.20 bits per heavy atom. The van der Waals surface area contributed by atoms with E-state index in [1.54, 1.807) is 12.1 Å². The van der Waals surface area contributed by atoms with Crippen LogP contribution in [0.4, 0.5) is 10.1 Å². The zero-order valence-corrected chi connectivity index (χ0v) is 16.2. The van der Waals surface area contributed by atoms with E-state index in [2.05, 4.69) is 47.7 Å². The van der Waals surface area contributed by atoms with E-state index in [-0.39, 0.29) is 5.82 Å². The van der Waals surface area contributed by atoms with Gasteiger partial charge in [0, 0.05) is 21.1 Å². The summed E-state index contributed by atoms with van der Waals surface area (Å²) >= 11 is 2.34. The average molecular weight is 445 g/mol. The van der Waals surface area contributed by atoms with Gasteiger partial charge in [0.05, 0.1) is 18.5 Å². The minimum absolute atomic E-state index is 0.294. The fraction of sp³-hybridized carbons (Fsp3) is 0.190. The molecule has 2 aromatic rings. The number of hydrogen-bond acceptors (Lipinski definition) is 2. The third-order valence-corrected chi connectivity index (χ3v) is 5.45. The van der Waals surface area contributed by atoms with Crippen LogP contribution in [0.15, 0.2) is 51.1 Å². The summed E-state index contributed by atoms with van der Waals surface area (Å²) in [7, 11) is 1.50. The van der Waals surface area contributed by atoms with Crippen molar-refractivity contribution < 1.29 is 9.13 Å². The summed E-state index contributed by atoms with van der Waals surface area (Å²) < 4.78 is 20.6. The smallest absolute Gasteiger partial charge is 0.165 e. The fourth-order valence-electron chi connectivity index (χ4n) is 3.40. The Morgan fingerprint density at radius 2 is 2.04 bits per heavy atom. The predicted molar refractivity (Wildman–Crippen MR) is 110 cm³/mol. The zero-order valence-electron chi connectivity index (χ0n) is 14.1. The number of ether oxygens (including phenoxy) is 1. The van der Waals surface area contributed by atoms with E-state index in [1.807, 2.05) is 12.1 Å². The Labute approximate surface area is 160 Å². The number of fused-ring (bicyclic) bond motifs is 3. The number of aryl methyl sites for hydroxylation is 1. The molecule has 0 bridgehead atoms. The summed E-state index contributed by atoms with van der Waals surface area (Å²) in [6.45, 7) is 2.07. The number of aliphatic imine (C=N–C) groups is 1. The van der Waals surface area contributed by atoms with Crippen LogP contribution in [0.1, 0.15) is 24.5 Å². The van der Waals surface area contributed by atoms with Gasteiger partial charge in [-0.25, -0.2) is 4.39 Å². The van der Waals surface area contributed by atoms with E-state index in [0.29, 0.717) is 5.75 Å². The summed E-state index contributed by atoms with van der Waals surface area (Å²) in [6.07, 6.45) is 6.04. The molecule has 1 aliphatic heterocycles. The van der Waals surface area contributed by atoms with Gasteiger partial charge in [0.25, 0.3) is 0 Å². The van der Waals surface area contributed by atoms with Crippen molar-refractivity contribution >= 4 is 39.6 Å². The topological polar surface area (TPSA) is 21.6 Å². The summed E-state index contributed by atoms with van der Waals surface area (Å²) in [4.78, 5) is 4.74. The maximum Gasteiger partial charge on any atom is 0.165 e. The molecule has 2 aromatic carbocycles. The predicted octanol–water partition coefficient (Wildman–Crippen LogP) is 6.26. The van der Waals surface area contributed by atoms with Crippen LogP contribution in [0.5, 0.6) is 5.75 Å². The van der Waals surface area contributed by atoms with Crippen LogP contribution in [-0.4, -0.2) is 12.8 Å². The first kappa shape index (κ1) is 16.5. The third-order valence-electron chi connectivity index (χ3n) is 4.70. The van der Waals surface area contributed by atoms with Gasteiger partial charge in [-0.05, 0) is 76.0 Å². The van der Waals surface area contributed by atoms with Crippen molar-refractivity contribution in [2.45, 2.75) is 19.8 Å². The molecule has 1 heterocycles. The lowest BCUT2D eigenvalue weighted by atomic mass is 9.92. The molecule has 0 unspecified atom stereocenters. The molecular formula is C21H17FINO. The Balaban J connectivity index is 1.84. The highest BCUT2D eigenvalue weighted by Crippen LogP contribution is 2.42. The molecule has 0 amide bonds. The van der Waals surface area contributed by atoms with Crippen molar-refractivity contribution in [2.24, 2.45) is 4.99 Å². The van der Waals surface area contributed by atoms with E-state index in [0.717, 1.165) is 46.5 Å². The summed E-state index contributed by atoms with van der Waals surface area (Å²) in [5.74, 6) is -0.0384. The Morgan fingerprint density at radius 3 is 2.80 bits per heavy atom. The Hall–Kier alpha value is -1.95. The second-order valence-corrected chi connectivity index (χ2v) is 7.38. The van der Waals surface area contributed by atoms with E-state index in [1.165, 1.54) is 16.3 Å². The van der Waals surface area contributed by atoms with Gasteiger partial charge in [-0.3, -0.25) is 4.99 Å². The number of nitrogens with zero attached hydrogens (tertiary/aromatic N) is 1. The van der Waals surface area contributed by atoms with Gasteiger partial charge in [-0.1, -0.05) is 19.1 Å². The monoisotopic (exact) mass is 445 g/mol. The number of hydrogen-bond donors (Lipinski definition) is 0. The van der Waals surface area contributed by atoms with Gasteiger partial charge in [0.2, 0.25) is 0 Å². The highest BCUT2D eigenvalue weighted by atomic mass is 127. The van der Waals surface area contributed by atoms with E-state index in [4.69, 9.17) is 9.73 Å². The van der Waals surface area contributed by atoms with Crippen molar-refractivity contribution in [3.63, 3.8) is 0 Å². The van der Waals surface area contributed by atoms with Crippen molar-refractivity contribution in [2.75, 3.05) is 7.11 Å². The largest absolute Gasteiger partial charge is 0.494 e. The molecule has 4 heteroatoms. The van der Waals surface area contributed by atoms with Crippen LogP contribution < -0.4 is 4.74 Å². The minimum atomic E-state index is -0.332. The number of rotatable bonds is 3. The molecule has 4 rings (SSSR count). The van der Waals surface area contributed by atoms with Crippen LogP contribution in [0.25, 0.3) is 16.7 Å². The standard InChI is InChI=1S/C21H17FINO/c1-3-12-9-21(25-2)18(22)11-15(12)13-4-6-19-16(8-13)17-10-14(23)5-7-20(17)24-19/h4-6,8-11H,3,7H2,1-2H3. The zero-order chi connectivity index (χ0) is 17.6. The lowest BCUT2D eigenvalue weighted by molar-refractivity contribution is 0.386. The van der Waals surface area contributed by atoms with Gasteiger partial charge in [0.1, 0.15) is 0 Å². The quantitative estimate of drug-likeness (QED) is 0.512. The first-order chi connectivity index (χ1) is 12.1. The molecule has 2 nitrogen and oxygen atoms in total. The van der Waals surface area contributed by atoms with E-state index in [9.17, 15) is 4.39 Å². The molecule has 0 fully saturated rings. The first-order valence-corrected chi connectivity index (χ1v) is 9.35. The number of methoxy groups -OCH3 is 1. The molecule has 0 atom stereocenters. The second-order valence-electron chi connectivity index (χ2n) is 6.14. The van der Waals surface area contributed by atoms with Crippen LogP contribution >= 0.6 is 22.6 Å². The van der Waals surface area contributed by atoms with Crippen LogP contribution in [-0.2, 0) is 6.42 Å². The van der Waals surface area contributed by atoms with Crippen LogP contribution in [0, 0.1) is 5.82 Å². The maximum atomic E-state index is 14.3. The molecule has 0 radical (unpaired) electrons. The lowest BCUT2D eigenvalue weighted by Gasteiger charge is -2.13. The van der Waals surface area contributed by atoms with Crippen molar-refractivity contribution in [3.8, 4) is 16.9 Å². The van der Waals surface area contributed by atoms with Gasteiger partial charge < -0.3 is 4.74 Å². The SMILES string of the molecule is CCc1cc(OC)c(F)cc1-c1ccc2c(c1)C1=CC(I)=CCC1=N2.